The van der Waals surface area contributed by atoms with Crippen molar-refractivity contribution in [1.29, 1.82) is 0 Å². The van der Waals surface area contributed by atoms with Crippen LogP contribution in [0.5, 0.6) is 0 Å². The summed E-state index contributed by atoms with van der Waals surface area (Å²) in [6.07, 6.45) is 3.56. The molecule has 0 radical (unpaired) electrons. The molecule has 3 aromatic heterocycles. The number of fused-ring (bicyclic) bond motifs is 2. The maximum Gasteiger partial charge on any atom is 0.247 e. The summed E-state index contributed by atoms with van der Waals surface area (Å²) in [6, 6.07) is 27.3. The quantitative estimate of drug-likeness (QED) is 0.276. The van der Waals surface area contributed by atoms with Gasteiger partial charge in [0.05, 0.1) is 29.4 Å². The lowest BCUT2D eigenvalue weighted by molar-refractivity contribution is -0.120. The van der Waals surface area contributed by atoms with E-state index in [1.54, 1.807) is 10.9 Å². The molecule has 176 valence electrons. The van der Waals surface area contributed by atoms with Crippen LogP contribution >= 0.6 is 0 Å². The average molecular weight is 475 g/mol. The third-order valence-electron chi connectivity index (χ3n) is 6.01. The van der Waals surface area contributed by atoms with Gasteiger partial charge in [-0.25, -0.2) is 15.1 Å². The van der Waals surface area contributed by atoms with Crippen molar-refractivity contribution in [3.63, 3.8) is 0 Å². The van der Waals surface area contributed by atoms with E-state index >= 15 is 0 Å². The van der Waals surface area contributed by atoms with E-state index < -0.39 is 0 Å². The molecular formula is C28H22N6O2. The zero-order chi connectivity index (χ0) is 24.5. The number of nitrogens with one attached hydrogen (secondary N) is 1. The number of furan rings is 1. The van der Waals surface area contributed by atoms with E-state index in [0.29, 0.717) is 22.8 Å². The Balaban J connectivity index is 1.27. The molecule has 0 saturated heterocycles. The van der Waals surface area contributed by atoms with Crippen molar-refractivity contribution in [2.45, 2.75) is 6.42 Å². The SMILES string of the molecule is Cn1c(CC(=O)N/N=C/c2cn(-c3ccccc3)nc2-c2cc3ccccc3o2)nc2ccccc21. The molecule has 0 spiro atoms. The number of benzene rings is 3. The summed E-state index contributed by atoms with van der Waals surface area (Å²) in [6.45, 7) is 0. The molecule has 0 atom stereocenters. The molecule has 3 aromatic carbocycles. The van der Waals surface area contributed by atoms with Crippen molar-refractivity contribution >= 4 is 34.1 Å². The Morgan fingerprint density at radius 3 is 2.64 bits per heavy atom. The summed E-state index contributed by atoms with van der Waals surface area (Å²) in [5, 5.41) is 9.95. The molecule has 1 N–H and O–H groups in total. The zero-order valence-electron chi connectivity index (χ0n) is 19.5. The summed E-state index contributed by atoms with van der Waals surface area (Å²) in [4.78, 5) is 17.2. The highest BCUT2D eigenvalue weighted by atomic mass is 16.3. The number of para-hydroxylation sites is 4. The number of rotatable bonds is 6. The van der Waals surface area contributed by atoms with Crippen LogP contribution in [-0.4, -0.2) is 31.5 Å². The third-order valence-corrected chi connectivity index (χ3v) is 6.01. The molecule has 3 heterocycles. The van der Waals surface area contributed by atoms with Gasteiger partial charge in [0.15, 0.2) is 5.76 Å². The molecule has 0 aliphatic carbocycles. The molecule has 0 aliphatic rings. The Morgan fingerprint density at radius 2 is 1.81 bits per heavy atom. The van der Waals surface area contributed by atoms with Crippen molar-refractivity contribution in [2.75, 3.05) is 0 Å². The molecule has 0 saturated carbocycles. The average Bonchev–Trinajstić information content (AvgIpc) is 3.60. The first-order valence-electron chi connectivity index (χ1n) is 11.5. The minimum absolute atomic E-state index is 0.113. The second kappa shape index (κ2) is 8.99. The maximum absolute atomic E-state index is 12.6. The molecular weight excluding hydrogens is 452 g/mol. The lowest BCUT2D eigenvalue weighted by Crippen LogP contribution is -2.21. The Kier molecular flexibility index (Phi) is 5.38. The molecule has 6 aromatic rings. The van der Waals surface area contributed by atoms with Crippen LogP contribution in [0.25, 0.3) is 39.1 Å². The van der Waals surface area contributed by atoms with E-state index in [1.165, 1.54) is 0 Å². The van der Waals surface area contributed by atoms with Crippen LogP contribution in [0.4, 0.5) is 0 Å². The first-order valence-corrected chi connectivity index (χ1v) is 11.5. The fourth-order valence-corrected chi connectivity index (χ4v) is 4.20. The van der Waals surface area contributed by atoms with Gasteiger partial charge in [0.25, 0.3) is 0 Å². The van der Waals surface area contributed by atoms with Gasteiger partial charge in [0.2, 0.25) is 5.91 Å². The minimum atomic E-state index is -0.259. The van der Waals surface area contributed by atoms with Gasteiger partial charge in [-0.1, -0.05) is 48.5 Å². The highest BCUT2D eigenvalue weighted by Crippen LogP contribution is 2.29. The Labute approximate surface area is 206 Å². The number of nitrogens with zero attached hydrogens (tertiary/aromatic N) is 5. The number of aryl methyl sites for hydroxylation is 1. The van der Waals surface area contributed by atoms with Crippen LogP contribution in [0.15, 0.2) is 101 Å². The van der Waals surface area contributed by atoms with Gasteiger partial charge in [0, 0.05) is 24.2 Å². The van der Waals surface area contributed by atoms with Gasteiger partial charge in [-0.3, -0.25) is 4.79 Å². The third kappa shape index (κ3) is 4.05. The van der Waals surface area contributed by atoms with Crippen LogP contribution in [0.2, 0.25) is 0 Å². The van der Waals surface area contributed by atoms with Gasteiger partial charge < -0.3 is 8.98 Å². The molecule has 36 heavy (non-hydrogen) atoms. The topological polar surface area (TPSA) is 90.2 Å². The van der Waals surface area contributed by atoms with Crippen molar-refractivity contribution in [1.82, 2.24) is 24.8 Å². The summed E-state index contributed by atoms with van der Waals surface area (Å²) in [7, 11) is 1.90. The van der Waals surface area contributed by atoms with Crippen LogP contribution < -0.4 is 5.43 Å². The summed E-state index contributed by atoms with van der Waals surface area (Å²) in [5.74, 6) is 1.03. The zero-order valence-corrected chi connectivity index (χ0v) is 19.5. The van der Waals surface area contributed by atoms with Crippen molar-refractivity contribution in [2.24, 2.45) is 12.1 Å². The number of aromatic nitrogens is 4. The number of carbonyl (C=O) groups excluding carboxylic acids is 1. The summed E-state index contributed by atoms with van der Waals surface area (Å²) >= 11 is 0. The molecule has 0 bridgehead atoms. The Morgan fingerprint density at radius 1 is 1.03 bits per heavy atom. The van der Waals surface area contributed by atoms with Gasteiger partial charge in [-0.15, -0.1) is 0 Å². The van der Waals surface area contributed by atoms with E-state index in [1.807, 2.05) is 103 Å². The number of hydrogen-bond acceptors (Lipinski definition) is 5. The molecule has 0 fully saturated rings. The lowest BCUT2D eigenvalue weighted by atomic mass is 10.2. The standard InChI is InChI=1S/C28H22N6O2/c1-33-23-13-7-6-12-22(23)30-26(33)16-27(35)31-29-17-20-18-34(21-10-3-2-4-11-21)32-28(20)25-15-19-9-5-8-14-24(19)36-25/h2-15,17-18H,16H2,1H3,(H,31,35)/b29-17+. The Hall–Kier alpha value is -4.98. The second-order valence-electron chi connectivity index (χ2n) is 8.41. The highest BCUT2D eigenvalue weighted by molar-refractivity contribution is 5.91. The second-order valence-corrected chi connectivity index (χ2v) is 8.41. The number of carbonyl (C=O) groups is 1. The van der Waals surface area contributed by atoms with Crippen LogP contribution in [0.1, 0.15) is 11.4 Å². The van der Waals surface area contributed by atoms with Gasteiger partial charge in [-0.05, 0) is 36.4 Å². The smallest absolute Gasteiger partial charge is 0.247 e. The molecule has 1 amide bonds. The summed E-state index contributed by atoms with van der Waals surface area (Å²) in [5.41, 5.74) is 7.47. The number of imidazole rings is 1. The summed E-state index contributed by atoms with van der Waals surface area (Å²) < 4.78 is 9.74. The first kappa shape index (κ1) is 21.5. The monoisotopic (exact) mass is 474 g/mol. The molecule has 8 heteroatoms. The van der Waals surface area contributed by atoms with Gasteiger partial charge >= 0.3 is 0 Å². The largest absolute Gasteiger partial charge is 0.454 e. The van der Waals surface area contributed by atoms with Crippen molar-refractivity contribution < 1.29 is 9.21 Å². The predicted octanol–water partition coefficient (Wildman–Crippen LogP) is 4.87. The van der Waals surface area contributed by atoms with Gasteiger partial charge in [-0.2, -0.15) is 10.2 Å². The molecule has 6 rings (SSSR count). The fraction of sp³-hybridized carbons (Fsp3) is 0.0714. The van der Waals surface area contributed by atoms with Crippen LogP contribution in [-0.2, 0) is 18.3 Å². The van der Waals surface area contributed by atoms with E-state index in [4.69, 9.17) is 9.52 Å². The molecule has 0 unspecified atom stereocenters. The molecule has 0 aliphatic heterocycles. The molecule has 8 nitrogen and oxygen atoms in total. The predicted molar refractivity (Wildman–Crippen MR) is 139 cm³/mol. The fourth-order valence-electron chi connectivity index (χ4n) is 4.20. The minimum Gasteiger partial charge on any atom is -0.454 e. The van der Waals surface area contributed by atoms with Crippen molar-refractivity contribution in [3.05, 3.63) is 103 Å². The van der Waals surface area contributed by atoms with E-state index in [9.17, 15) is 4.79 Å². The van der Waals surface area contributed by atoms with Gasteiger partial charge in [0.1, 0.15) is 17.1 Å². The van der Waals surface area contributed by atoms with Crippen molar-refractivity contribution in [3.8, 4) is 17.1 Å². The van der Waals surface area contributed by atoms with Crippen LogP contribution in [0, 0.1) is 0 Å². The van der Waals surface area contributed by atoms with E-state index in [-0.39, 0.29) is 12.3 Å². The number of amides is 1. The van der Waals surface area contributed by atoms with E-state index in [2.05, 4.69) is 15.5 Å². The maximum atomic E-state index is 12.6. The van der Waals surface area contributed by atoms with Crippen LogP contribution in [0.3, 0.4) is 0 Å². The Bertz CT molecular complexity index is 1690. The normalized spacial score (nSPS) is 11.6. The lowest BCUT2D eigenvalue weighted by Gasteiger charge is -2.01. The van der Waals surface area contributed by atoms with E-state index in [0.717, 1.165) is 27.7 Å². The number of hydrogen-bond donors (Lipinski definition) is 1. The first-order chi connectivity index (χ1) is 17.7. The number of hydrazone groups is 1. The highest BCUT2D eigenvalue weighted by Gasteiger charge is 2.16.